The number of aromatic amines is 2. The molecule has 0 saturated carbocycles. The predicted molar refractivity (Wildman–Crippen MR) is 219 cm³/mol. The fraction of sp³-hybridized carbons (Fsp3) is 0.295. The molecule has 4 aromatic carbocycles. The summed E-state index contributed by atoms with van der Waals surface area (Å²) in [6.45, 7) is 4.48. The number of carbonyl (C=O) groups is 3. The van der Waals surface area contributed by atoms with Crippen molar-refractivity contribution >= 4 is 62.7 Å². The van der Waals surface area contributed by atoms with E-state index in [4.69, 9.17) is 23.2 Å². The molecule has 0 bridgehead atoms. The SMILES string of the molecule is O=C(NCCc1c[nH]c2ccc(Cl)cc12)[C@H]1CCN(Cc2cccc(-c3ccc(CN4CC[C@@H](C(=O)NCCc5c[nH]c6ccc(Cl)cc56)C4=O)cc3)c2)C1. The summed E-state index contributed by atoms with van der Waals surface area (Å²) in [6.07, 6.45) is 6.70. The summed E-state index contributed by atoms with van der Waals surface area (Å²) >= 11 is 12.4. The zero-order chi connectivity index (χ0) is 37.9. The highest BCUT2D eigenvalue weighted by atomic mass is 35.5. The number of aromatic nitrogens is 2. The lowest BCUT2D eigenvalue weighted by Gasteiger charge is -2.18. The summed E-state index contributed by atoms with van der Waals surface area (Å²) in [5, 5.41) is 9.65. The number of fused-ring (bicyclic) bond motifs is 2. The molecule has 11 heteroatoms. The monoisotopic (exact) mass is 774 g/mol. The first-order chi connectivity index (χ1) is 26.8. The Balaban J connectivity index is 0.785. The van der Waals surface area contributed by atoms with Crippen LogP contribution < -0.4 is 10.6 Å². The highest BCUT2D eigenvalue weighted by Gasteiger charge is 2.36. The number of rotatable bonds is 13. The van der Waals surface area contributed by atoms with Gasteiger partial charge >= 0.3 is 0 Å². The van der Waals surface area contributed by atoms with Crippen LogP contribution in [0.2, 0.25) is 10.0 Å². The molecule has 282 valence electrons. The molecule has 6 aromatic rings. The molecule has 4 N–H and O–H groups in total. The molecule has 0 spiro atoms. The molecule has 8 rings (SSSR count). The molecule has 2 aliphatic heterocycles. The number of benzene rings is 4. The third-order valence-electron chi connectivity index (χ3n) is 11.1. The van der Waals surface area contributed by atoms with Gasteiger partial charge in [0, 0.05) is 83.5 Å². The lowest BCUT2D eigenvalue weighted by Crippen LogP contribution is -2.37. The quantitative estimate of drug-likeness (QED) is 0.0911. The highest BCUT2D eigenvalue weighted by Crippen LogP contribution is 2.27. The minimum atomic E-state index is -0.656. The van der Waals surface area contributed by atoms with Gasteiger partial charge in [0.05, 0.1) is 5.92 Å². The average Bonchev–Trinajstić information content (AvgIpc) is 3.99. The number of hydrogen-bond acceptors (Lipinski definition) is 4. The first-order valence-electron chi connectivity index (χ1n) is 19.0. The van der Waals surface area contributed by atoms with Crippen molar-refractivity contribution in [3.8, 4) is 11.1 Å². The number of nitrogens with one attached hydrogen (secondary N) is 4. The average molecular weight is 776 g/mol. The van der Waals surface area contributed by atoms with Crippen LogP contribution >= 0.6 is 23.2 Å². The Bertz CT molecular complexity index is 2350. The lowest BCUT2D eigenvalue weighted by atomic mass is 10.0. The normalized spacial score (nSPS) is 17.4. The van der Waals surface area contributed by atoms with Crippen molar-refractivity contribution < 1.29 is 14.4 Å². The second-order valence-corrected chi connectivity index (χ2v) is 15.7. The molecular formula is C44H44Cl2N6O3. The summed E-state index contributed by atoms with van der Waals surface area (Å²) in [7, 11) is 0. The molecule has 2 atom stereocenters. The van der Waals surface area contributed by atoms with Gasteiger partial charge in [0.1, 0.15) is 5.92 Å². The number of amides is 3. The van der Waals surface area contributed by atoms with E-state index in [0.29, 0.717) is 49.1 Å². The van der Waals surface area contributed by atoms with Gasteiger partial charge in [-0.3, -0.25) is 19.3 Å². The van der Waals surface area contributed by atoms with Crippen molar-refractivity contribution in [3.63, 3.8) is 0 Å². The van der Waals surface area contributed by atoms with Crippen molar-refractivity contribution in [2.45, 2.75) is 38.8 Å². The Hall–Kier alpha value is -5.09. The first kappa shape index (κ1) is 36.9. The summed E-state index contributed by atoms with van der Waals surface area (Å²) in [5.74, 6) is -0.886. The van der Waals surface area contributed by atoms with E-state index in [2.05, 4.69) is 74.0 Å². The Morgan fingerprint density at radius 3 is 2.02 bits per heavy atom. The molecule has 55 heavy (non-hydrogen) atoms. The third kappa shape index (κ3) is 8.44. The predicted octanol–water partition coefficient (Wildman–Crippen LogP) is 7.51. The van der Waals surface area contributed by atoms with E-state index >= 15 is 0 Å². The van der Waals surface area contributed by atoms with Gasteiger partial charge in [0.25, 0.3) is 0 Å². The maximum Gasteiger partial charge on any atom is 0.235 e. The van der Waals surface area contributed by atoms with E-state index < -0.39 is 5.92 Å². The van der Waals surface area contributed by atoms with Crippen LogP contribution in [0.5, 0.6) is 0 Å². The summed E-state index contributed by atoms with van der Waals surface area (Å²) in [5.41, 5.74) is 8.74. The molecule has 4 heterocycles. The molecule has 2 aromatic heterocycles. The van der Waals surface area contributed by atoms with Gasteiger partial charge in [-0.1, -0.05) is 65.7 Å². The fourth-order valence-corrected chi connectivity index (χ4v) is 8.43. The molecule has 2 fully saturated rings. The van der Waals surface area contributed by atoms with E-state index in [1.54, 1.807) is 4.90 Å². The fourth-order valence-electron chi connectivity index (χ4n) is 8.08. The van der Waals surface area contributed by atoms with Crippen molar-refractivity contribution in [2.75, 3.05) is 32.7 Å². The molecule has 0 unspecified atom stereocenters. The molecule has 9 nitrogen and oxygen atoms in total. The minimum Gasteiger partial charge on any atom is -0.361 e. The summed E-state index contributed by atoms with van der Waals surface area (Å²) in [6, 6.07) is 28.4. The minimum absolute atomic E-state index is 0.0169. The van der Waals surface area contributed by atoms with Crippen molar-refractivity contribution in [2.24, 2.45) is 11.8 Å². The third-order valence-corrected chi connectivity index (χ3v) is 11.6. The number of H-pyrrole nitrogens is 2. The number of likely N-dealkylation sites (tertiary alicyclic amines) is 2. The van der Waals surface area contributed by atoms with Crippen LogP contribution in [0.25, 0.3) is 32.9 Å². The van der Waals surface area contributed by atoms with E-state index in [1.165, 1.54) is 5.56 Å². The van der Waals surface area contributed by atoms with E-state index in [1.807, 2.05) is 48.8 Å². The van der Waals surface area contributed by atoms with Crippen molar-refractivity contribution in [1.82, 2.24) is 30.4 Å². The van der Waals surface area contributed by atoms with Crippen LogP contribution in [0.4, 0.5) is 0 Å². The lowest BCUT2D eigenvalue weighted by molar-refractivity contribution is -0.138. The van der Waals surface area contributed by atoms with Gasteiger partial charge in [-0.2, -0.15) is 0 Å². The topological polar surface area (TPSA) is 113 Å². The second-order valence-electron chi connectivity index (χ2n) is 14.8. The molecule has 3 amide bonds. The van der Waals surface area contributed by atoms with Gasteiger partial charge in [-0.25, -0.2) is 0 Å². The van der Waals surface area contributed by atoms with Gasteiger partial charge in [-0.15, -0.1) is 0 Å². The zero-order valence-corrected chi connectivity index (χ0v) is 32.1. The van der Waals surface area contributed by atoms with Gasteiger partial charge in [-0.05, 0) is 108 Å². The van der Waals surface area contributed by atoms with Crippen LogP contribution in [0.15, 0.2) is 97.3 Å². The smallest absolute Gasteiger partial charge is 0.235 e. The van der Waals surface area contributed by atoms with Gasteiger partial charge in [0.2, 0.25) is 17.7 Å². The Morgan fingerprint density at radius 2 is 1.35 bits per heavy atom. The summed E-state index contributed by atoms with van der Waals surface area (Å²) < 4.78 is 0. The second kappa shape index (κ2) is 16.3. The van der Waals surface area contributed by atoms with E-state index in [0.717, 1.165) is 82.1 Å². The van der Waals surface area contributed by atoms with Crippen molar-refractivity contribution in [1.29, 1.82) is 0 Å². The van der Waals surface area contributed by atoms with Crippen LogP contribution in [0.3, 0.4) is 0 Å². The number of halogens is 2. The van der Waals surface area contributed by atoms with Crippen LogP contribution in [0.1, 0.15) is 35.1 Å². The van der Waals surface area contributed by atoms with Gasteiger partial charge in [0.15, 0.2) is 0 Å². The standard InChI is InChI=1S/C44H44Cl2N6O3/c45-35-8-10-40-38(21-35)32(23-49-40)12-16-47-42(53)34-14-18-51(27-34)25-29-2-1-3-31(20-29)30-6-4-28(5-7-30)26-52-19-15-37(44(52)55)43(54)48-17-13-33-24-50-41-11-9-36(46)22-39(33)41/h1-11,20-24,34,37,49-50H,12-19,25-27H2,(H,47,53)(H,48,54)/t34-,37-/m0/s1. The number of hydrogen-bond donors (Lipinski definition) is 4. The van der Waals surface area contributed by atoms with Crippen LogP contribution in [-0.2, 0) is 40.3 Å². The number of nitrogens with zero attached hydrogens (tertiary/aromatic N) is 2. The zero-order valence-electron chi connectivity index (χ0n) is 30.5. The first-order valence-corrected chi connectivity index (χ1v) is 19.8. The Morgan fingerprint density at radius 1 is 0.691 bits per heavy atom. The molecule has 2 aliphatic rings. The van der Waals surface area contributed by atoms with Crippen molar-refractivity contribution in [3.05, 3.63) is 130 Å². The largest absolute Gasteiger partial charge is 0.361 e. The molecule has 2 saturated heterocycles. The summed E-state index contributed by atoms with van der Waals surface area (Å²) in [4.78, 5) is 49.9. The van der Waals surface area contributed by atoms with Crippen LogP contribution in [-0.4, -0.2) is 70.2 Å². The maximum absolute atomic E-state index is 13.2. The molecule has 0 aliphatic carbocycles. The Kier molecular flexibility index (Phi) is 10.9. The Labute approximate surface area is 330 Å². The molecule has 0 radical (unpaired) electrons. The molecular weight excluding hydrogens is 731 g/mol. The van der Waals surface area contributed by atoms with Crippen LogP contribution in [0, 0.1) is 11.8 Å². The highest BCUT2D eigenvalue weighted by molar-refractivity contribution is 6.31. The van der Waals surface area contributed by atoms with E-state index in [9.17, 15) is 14.4 Å². The maximum atomic E-state index is 13.2. The number of carbonyl (C=O) groups excluding carboxylic acids is 3. The van der Waals surface area contributed by atoms with E-state index in [-0.39, 0.29) is 23.6 Å². The van der Waals surface area contributed by atoms with Gasteiger partial charge < -0.3 is 25.5 Å².